The molecule has 0 aliphatic carbocycles. The van der Waals surface area contributed by atoms with Crippen LogP contribution >= 0.6 is 15.9 Å². The smallest absolute Gasteiger partial charge is 0.255 e. The number of rotatable bonds is 1. The molecule has 0 aromatic heterocycles. The zero-order valence-electron chi connectivity index (χ0n) is 11.1. The fourth-order valence-electron chi connectivity index (χ4n) is 2.00. The van der Waals surface area contributed by atoms with Crippen molar-refractivity contribution >= 4 is 39.3 Å². The van der Waals surface area contributed by atoms with Crippen molar-refractivity contribution < 1.29 is 14.4 Å². The summed E-state index contributed by atoms with van der Waals surface area (Å²) in [6.45, 7) is 3.02. The first-order valence-corrected chi connectivity index (χ1v) is 6.73. The van der Waals surface area contributed by atoms with Crippen LogP contribution in [0.25, 0.3) is 0 Å². The van der Waals surface area contributed by atoms with Crippen LogP contribution < -0.4 is 11.1 Å². The topological polar surface area (TPSA) is 92.5 Å². The van der Waals surface area contributed by atoms with Crippen molar-refractivity contribution in [2.45, 2.75) is 19.4 Å². The van der Waals surface area contributed by atoms with E-state index in [1.165, 1.54) is 11.0 Å². The van der Waals surface area contributed by atoms with E-state index in [9.17, 15) is 14.4 Å². The second-order valence-corrected chi connectivity index (χ2v) is 6.02. The first kappa shape index (κ1) is 14.5. The van der Waals surface area contributed by atoms with E-state index in [1.807, 2.05) is 0 Å². The molecule has 0 radical (unpaired) electrons. The zero-order valence-corrected chi connectivity index (χ0v) is 12.7. The van der Waals surface area contributed by atoms with Crippen LogP contribution in [0.5, 0.6) is 0 Å². The van der Waals surface area contributed by atoms with E-state index in [1.54, 1.807) is 26.0 Å². The molecule has 1 aromatic rings. The number of halogens is 1. The maximum absolute atomic E-state index is 12.5. The van der Waals surface area contributed by atoms with Gasteiger partial charge < -0.3 is 10.6 Å². The van der Waals surface area contributed by atoms with Gasteiger partial charge in [0.1, 0.15) is 12.1 Å². The van der Waals surface area contributed by atoms with Crippen molar-refractivity contribution in [3.63, 3.8) is 0 Å². The van der Waals surface area contributed by atoms with Gasteiger partial charge >= 0.3 is 0 Å². The number of piperazine rings is 1. The van der Waals surface area contributed by atoms with Gasteiger partial charge in [0.05, 0.1) is 0 Å². The molecule has 1 aromatic carbocycles. The van der Waals surface area contributed by atoms with Crippen molar-refractivity contribution in [2.24, 2.45) is 0 Å². The average molecular weight is 340 g/mol. The molecule has 7 heteroatoms. The van der Waals surface area contributed by atoms with Gasteiger partial charge in [-0.15, -0.1) is 0 Å². The van der Waals surface area contributed by atoms with E-state index in [4.69, 9.17) is 5.73 Å². The lowest BCUT2D eigenvalue weighted by Crippen LogP contribution is -2.65. The fourth-order valence-corrected chi connectivity index (χ4v) is 2.51. The minimum Gasteiger partial charge on any atom is -0.399 e. The Morgan fingerprint density at radius 1 is 1.35 bits per heavy atom. The Kier molecular flexibility index (Phi) is 3.56. The third kappa shape index (κ3) is 2.53. The molecule has 20 heavy (non-hydrogen) atoms. The molecule has 0 bridgehead atoms. The highest BCUT2D eigenvalue weighted by atomic mass is 79.9. The van der Waals surface area contributed by atoms with Crippen LogP contribution in [0.2, 0.25) is 0 Å². The van der Waals surface area contributed by atoms with Gasteiger partial charge in [-0.1, -0.05) is 15.9 Å². The van der Waals surface area contributed by atoms with Gasteiger partial charge in [-0.3, -0.25) is 19.7 Å². The first-order chi connectivity index (χ1) is 9.21. The molecule has 1 aliphatic rings. The predicted octanol–water partition coefficient (Wildman–Crippen LogP) is 0.908. The summed E-state index contributed by atoms with van der Waals surface area (Å²) in [6.07, 6.45) is 0. The summed E-state index contributed by atoms with van der Waals surface area (Å²) in [5.74, 6) is -1.40. The number of nitrogens with one attached hydrogen (secondary N) is 1. The van der Waals surface area contributed by atoms with Crippen LogP contribution in [-0.4, -0.2) is 34.7 Å². The molecule has 0 saturated carbocycles. The van der Waals surface area contributed by atoms with E-state index >= 15 is 0 Å². The molecule has 6 nitrogen and oxygen atoms in total. The molecule has 1 aliphatic heterocycles. The molecule has 0 unspecified atom stereocenters. The molecular weight excluding hydrogens is 326 g/mol. The molecule has 3 amide bonds. The maximum atomic E-state index is 12.5. The third-order valence-corrected chi connectivity index (χ3v) is 3.66. The van der Waals surface area contributed by atoms with Crippen LogP contribution in [0.1, 0.15) is 24.2 Å². The summed E-state index contributed by atoms with van der Waals surface area (Å²) >= 11 is 3.26. The lowest BCUT2D eigenvalue weighted by Gasteiger charge is -2.40. The fraction of sp³-hybridized carbons (Fsp3) is 0.308. The molecule has 2 rings (SSSR count). The number of carbonyl (C=O) groups excluding carboxylic acids is 3. The highest BCUT2D eigenvalue weighted by molar-refractivity contribution is 9.10. The lowest BCUT2D eigenvalue weighted by molar-refractivity contribution is -0.143. The van der Waals surface area contributed by atoms with Crippen LogP contribution in [0.3, 0.4) is 0 Å². The van der Waals surface area contributed by atoms with Gasteiger partial charge in [0, 0.05) is 15.7 Å². The third-order valence-electron chi connectivity index (χ3n) is 3.20. The van der Waals surface area contributed by atoms with Crippen molar-refractivity contribution in [2.75, 3.05) is 12.3 Å². The predicted molar refractivity (Wildman–Crippen MR) is 76.8 cm³/mol. The molecule has 0 spiro atoms. The maximum Gasteiger partial charge on any atom is 0.255 e. The van der Waals surface area contributed by atoms with Gasteiger partial charge in [-0.05, 0) is 32.0 Å². The summed E-state index contributed by atoms with van der Waals surface area (Å²) < 4.78 is 0.659. The van der Waals surface area contributed by atoms with Crippen molar-refractivity contribution in [3.8, 4) is 0 Å². The normalized spacial score (nSPS) is 17.9. The largest absolute Gasteiger partial charge is 0.399 e. The molecular formula is C13H14BrN3O3. The van der Waals surface area contributed by atoms with Crippen molar-refractivity contribution in [1.82, 2.24) is 10.2 Å². The van der Waals surface area contributed by atoms with Crippen LogP contribution in [0.15, 0.2) is 22.7 Å². The number of carbonyl (C=O) groups is 3. The SMILES string of the molecule is CC1(C)C(=O)NC(=O)CN1C(=O)c1cc(N)cc(Br)c1. The molecule has 3 N–H and O–H groups in total. The number of imide groups is 1. The Labute approximate surface area is 124 Å². The summed E-state index contributed by atoms with van der Waals surface area (Å²) in [4.78, 5) is 37.1. The van der Waals surface area contributed by atoms with Crippen molar-refractivity contribution in [1.29, 1.82) is 0 Å². The number of nitrogens with two attached hydrogens (primary N) is 1. The second kappa shape index (κ2) is 4.90. The Morgan fingerprint density at radius 2 is 2.00 bits per heavy atom. The van der Waals surface area contributed by atoms with E-state index in [-0.39, 0.29) is 6.54 Å². The minimum absolute atomic E-state index is 0.163. The van der Waals surface area contributed by atoms with Crippen LogP contribution in [0, 0.1) is 0 Å². The molecule has 106 valence electrons. The Morgan fingerprint density at radius 3 is 2.60 bits per heavy atom. The zero-order chi connectivity index (χ0) is 15.1. The van der Waals surface area contributed by atoms with Gasteiger partial charge in [0.2, 0.25) is 5.91 Å². The van der Waals surface area contributed by atoms with E-state index in [2.05, 4.69) is 21.2 Å². The second-order valence-electron chi connectivity index (χ2n) is 5.10. The average Bonchev–Trinajstić information content (AvgIpc) is 2.32. The van der Waals surface area contributed by atoms with Gasteiger partial charge in [-0.2, -0.15) is 0 Å². The highest BCUT2D eigenvalue weighted by Crippen LogP contribution is 2.24. The molecule has 1 saturated heterocycles. The number of anilines is 1. The van der Waals surface area contributed by atoms with E-state index < -0.39 is 23.3 Å². The number of hydrogen-bond acceptors (Lipinski definition) is 4. The Bertz CT molecular complexity index is 593. The summed E-state index contributed by atoms with van der Waals surface area (Å²) in [5, 5.41) is 2.22. The first-order valence-electron chi connectivity index (χ1n) is 5.94. The number of nitrogen functional groups attached to an aromatic ring is 1. The van der Waals surface area contributed by atoms with Gasteiger partial charge in [0.25, 0.3) is 11.8 Å². The number of amides is 3. The summed E-state index contributed by atoms with van der Waals surface area (Å²) in [6, 6.07) is 4.78. The minimum atomic E-state index is -1.10. The van der Waals surface area contributed by atoms with Crippen LogP contribution in [0.4, 0.5) is 5.69 Å². The molecule has 1 fully saturated rings. The highest BCUT2D eigenvalue weighted by Gasteiger charge is 2.43. The molecule has 1 heterocycles. The van der Waals surface area contributed by atoms with Gasteiger partial charge in [0.15, 0.2) is 0 Å². The number of benzene rings is 1. The van der Waals surface area contributed by atoms with Crippen molar-refractivity contribution in [3.05, 3.63) is 28.2 Å². The van der Waals surface area contributed by atoms with Crippen LogP contribution in [-0.2, 0) is 9.59 Å². The monoisotopic (exact) mass is 339 g/mol. The standard InChI is InChI=1S/C13H14BrN3O3/c1-13(2)12(20)16-10(18)6-17(13)11(19)7-3-8(14)5-9(15)4-7/h3-5H,6,15H2,1-2H3,(H,16,18,20). The van der Waals surface area contributed by atoms with Gasteiger partial charge in [-0.25, -0.2) is 0 Å². The molecule has 0 atom stereocenters. The van der Waals surface area contributed by atoms with E-state index in [0.717, 1.165) is 0 Å². The van der Waals surface area contributed by atoms with E-state index in [0.29, 0.717) is 15.7 Å². The Hall–Kier alpha value is -1.89. The quantitative estimate of drug-likeness (QED) is 0.587. The lowest BCUT2D eigenvalue weighted by atomic mass is 9.97. The summed E-state index contributed by atoms with van der Waals surface area (Å²) in [7, 11) is 0. The Balaban J connectivity index is 2.40. The summed E-state index contributed by atoms with van der Waals surface area (Å²) in [5.41, 5.74) is 5.36. The number of hydrogen-bond donors (Lipinski definition) is 2. The number of nitrogens with zero attached hydrogens (tertiary/aromatic N) is 1.